The molecule has 1 heteroatoms. The predicted octanol–water partition coefficient (Wildman–Crippen LogP) is 4.98. The molecule has 0 spiro atoms. The summed E-state index contributed by atoms with van der Waals surface area (Å²) in [7, 11) is 1.94. The number of hydrogen-bond acceptors (Lipinski definition) is 0. The Bertz CT molecular complexity index is 1080. The first kappa shape index (κ1) is 12.0. The molecule has 0 saturated heterocycles. The highest BCUT2D eigenvalue weighted by atomic mass is 14.9. The molecule has 24 heavy (non-hydrogen) atoms. The molecule has 4 rings (SSSR count). The summed E-state index contributed by atoms with van der Waals surface area (Å²) in [6.45, 7) is 4.06. The average molecular weight is 317 g/mol. The van der Waals surface area contributed by atoms with Crippen LogP contribution in [0.5, 0.6) is 0 Å². The highest BCUT2D eigenvalue weighted by Gasteiger charge is 2.26. The van der Waals surface area contributed by atoms with Crippen LogP contribution in [-0.2, 0) is 13.5 Å². The Hall–Kier alpha value is -2.41. The number of hydrogen-bond donors (Lipinski definition) is 0. The molecule has 0 aliphatic heterocycles. The topological polar surface area (TPSA) is 3.88 Å². The SMILES string of the molecule is [2H]C([2H])([2H])c1c[n+](C)c(-c2c(C)ccc3c2Cc2cc(C)ccc2-3)cc1C. The van der Waals surface area contributed by atoms with Gasteiger partial charge in [-0.2, -0.15) is 0 Å². The van der Waals surface area contributed by atoms with E-state index in [1.807, 2.05) is 24.6 Å². The van der Waals surface area contributed by atoms with Gasteiger partial charge in [-0.05, 0) is 67.4 Å². The molecule has 0 amide bonds. The van der Waals surface area contributed by atoms with Gasteiger partial charge in [0.2, 0.25) is 5.69 Å². The van der Waals surface area contributed by atoms with Crippen molar-refractivity contribution in [3.8, 4) is 22.4 Å². The van der Waals surface area contributed by atoms with Crippen molar-refractivity contribution in [1.29, 1.82) is 0 Å². The number of fused-ring (bicyclic) bond motifs is 3. The lowest BCUT2D eigenvalue weighted by molar-refractivity contribution is -0.660. The van der Waals surface area contributed by atoms with Crippen LogP contribution in [0.25, 0.3) is 22.4 Å². The fourth-order valence-electron chi connectivity index (χ4n) is 3.88. The van der Waals surface area contributed by atoms with Crippen LogP contribution in [0.15, 0.2) is 42.6 Å². The molecule has 3 aromatic rings. The molecule has 0 fully saturated rings. The van der Waals surface area contributed by atoms with Crippen LogP contribution < -0.4 is 4.57 Å². The van der Waals surface area contributed by atoms with Gasteiger partial charge in [0.25, 0.3) is 0 Å². The molecule has 0 atom stereocenters. The van der Waals surface area contributed by atoms with Crippen LogP contribution in [0.1, 0.15) is 37.5 Å². The fourth-order valence-corrected chi connectivity index (χ4v) is 3.88. The Kier molecular flexibility index (Phi) is 2.66. The van der Waals surface area contributed by atoms with E-state index in [9.17, 15) is 0 Å². The summed E-state index contributed by atoms with van der Waals surface area (Å²) >= 11 is 0. The van der Waals surface area contributed by atoms with Gasteiger partial charge in [-0.1, -0.05) is 35.9 Å². The van der Waals surface area contributed by atoms with E-state index in [0.29, 0.717) is 5.56 Å². The van der Waals surface area contributed by atoms with Crippen molar-refractivity contribution in [2.45, 2.75) is 34.0 Å². The number of nitrogens with zero attached hydrogens (tertiary/aromatic N) is 1. The van der Waals surface area contributed by atoms with Crippen molar-refractivity contribution < 1.29 is 8.68 Å². The maximum atomic E-state index is 7.78. The third-order valence-electron chi connectivity index (χ3n) is 5.18. The Morgan fingerprint density at radius 2 is 1.71 bits per heavy atom. The first-order valence-electron chi connectivity index (χ1n) is 9.90. The Morgan fingerprint density at radius 1 is 0.917 bits per heavy atom. The zero-order chi connectivity index (χ0) is 19.5. The monoisotopic (exact) mass is 317 g/mol. The molecule has 0 unspecified atom stereocenters. The number of benzene rings is 2. The normalized spacial score (nSPS) is 14.6. The zero-order valence-electron chi connectivity index (χ0n) is 17.7. The van der Waals surface area contributed by atoms with Crippen LogP contribution in [0, 0.1) is 27.6 Å². The summed E-state index contributed by atoms with van der Waals surface area (Å²) in [5.41, 5.74) is 11.3. The summed E-state index contributed by atoms with van der Waals surface area (Å²) in [6.07, 6.45) is 2.69. The molecule has 1 aliphatic carbocycles. The van der Waals surface area contributed by atoms with Gasteiger partial charge in [0.15, 0.2) is 6.20 Å². The lowest BCUT2D eigenvalue weighted by Gasteiger charge is -2.12. The molecule has 1 heterocycles. The van der Waals surface area contributed by atoms with E-state index in [1.54, 1.807) is 6.20 Å². The molecular formula is C23H24N+. The third-order valence-corrected chi connectivity index (χ3v) is 5.18. The van der Waals surface area contributed by atoms with E-state index in [-0.39, 0.29) is 0 Å². The lowest BCUT2D eigenvalue weighted by atomic mass is 9.93. The second-order valence-corrected chi connectivity index (χ2v) is 6.99. The molecule has 120 valence electrons. The zero-order valence-corrected chi connectivity index (χ0v) is 14.7. The molecule has 0 N–H and O–H groups in total. The summed E-state index contributed by atoms with van der Waals surface area (Å²) in [5.74, 6) is 0. The van der Waals surface area contributed by atoms with E-state index in [0.717, 1.165) is 17.7 Å². The van der Waals surface area contributed by atoms with E-state index in [1.165, 1.54) is 38.9 Å². The maximum Gasteiger partial charge on any atom is 0.213 e. The van der Waals surface area contributed by atoms with Gasteiger partial charge in [-0.15, -0.1) is 0 Å². The van der Waals surface area contributed by atoms with Crippen molar-refractivity contribution in [3.63, 3.8) is 0 Å². The van der Waals surface area contributed by atoms with Crippen LogP contribution in [0.4, 0.5) is 0 Å². The van der Waals surface area contributed by atoms with Crippen LogP contribution in [-0.4, -0.2) is 0 Å². The average Bonchev–Trinajstić information content (AvgIpc) is 2.93. The fraction of sp³-hybridized carbons (Fsp3) is 0.261. The van der Waals surface area contributed by atoms with Gasteiger partial charge >= 0.3 is 0 Å². The molecule has 2 aromatic carbocycles. The standard InChI is InChI=1S/C23H24N/c1-14-6-8-19-18(10-14)12-21-20(19)9-7-15(2)23(21)22-11-16(3)17(4)13-24(22)5/h6-11,13H,12H2,1-5H3/q+1/i4D3. The minimum absolute atomic E-state index is 0.415. The molecule has 1 aromatic heterocycles. The van der Waals surface area contributed by atoms with Crippen molar-refractivity contribution >= 4 is 0 Å². The first-order valence-corrected chi connectivity index (χ1v) is 8.40. The number of aryl methyl sites for hydroxylation is 5. The van der Waals surface area contributed by atoms with Gasteiger partial charge < -0.3 is 0 Å². The van der Waals surface area contributed by atoms with E-state index in [4.69, 9.17) is 4.11 Å². The quantitative estimate of drug-likeness (QED) is 0.436. The molecule has 1 aliphatic rings. The van der Waals surface area contributed by atoms with E-state index < -0.39 is 6.85 Å². The van der Waals surface area contributed by atoms with Crippen molar-refractivity contribution in [1.82, 2.24) is 0 Å². The first-order chi connectivity index (χ1) is 12.7. The van der Waals surface area contributed by atoms with Crippen LogP contribution in [0.3, 0.4) is 0 Å². The largest absolute Gasteiger partial charge is 0.213 e. The van der Waals surface area contributed by atoms with Gasteiger partial charge in [0.05, 0.1) is 5.56 Å². The summed E-state index contributed by atoms with van der Waals surface area (Å²) < 4.78 is 25.3. The lowest BCUT2D eigenvalue weighted by Crippen LogP contribution is -2.32. The number of aromatic nitrogens is 1. The van der Waals surface area contributed by atoms with Gasteiger partial charge in [-0.3, -0.25) is 0 Å². The second kappa shape index (κ2) is 5.31. The van der Waals surface area contributed by atoms with Gasteiger partial charge in [-0.25, -0.2) is 4.57 Å². The highest BCUT2D eigenvalue weighted by Crippen LogP contribution is 2.42. The van der Waals surface area contributed by atoms with Gasteiger partial charge in [0, 0.05) is 15.7 Å². The summed E-state index contributed by atoms with van der Waals surface area (Å²) in [6, 6.07) is 13.1. The highest BCUT2D eigenvalue weighted by molar-refractivity contribution is 5.85. The predicted molar refractivity (Wildman–Crippen MR) is 100 cm³/mol. The molecular weight excluding hydrogens is 290 g/mol. The summed E-state index contributed by atoms with van der Waals surface area (Å²) in [4.78, 5) is 0. The van der Waals surface area contributed by atoms with Crippen LogP contribution in [0.2, 0.25) is 0 Å². The number of pyridine rings is 1. The van der Waals surface area contributed by atoms with Gasteiger partial charge in [0.1, 0.15) is 7.05 Å². The van der Waals surface area contributed by atoms with E-state index >= 15 is 0 Å². The Balaban J connectivity index is 1.94. The minimum Gasteiger partial charge on any atom is -0.201 e. The molecule has 0 bridgehead atoms. The van der Waals surface area contributed by atoms with Crippen molar-refractivity contribution in [2.75, 3.05) is 0 Å². The van der Waals surface area contributed by atoms with E-state index in [2.05, 4.69) is 44.2 Å². The third kappa shape index (κ3) is 2.19. The van der Waals surface area contributed by atoms with Crippen molar-refractivity contribution in [3.05, 3.63) is 76.0 Å². The molecule has 0 saturated carbocycles. The second-order valence-electron chi connectivity index (χ2n) is 6.99. The minimum atomic E-state index is -2.10. The van der Waals surface area contributed by atoms with Crippen LogP contribution >= 0.6 is 0 Å². The molecule has 1 nitrogen and oxygen atoms in total. The Labute approximate surface area is 148 Å². The smallest absolute Gasteiger partial charge is 0.201 e. The molecule has 0 radical (unpaired) electrons. The van der Waals surface area contributed by atoms with Crippen molar-refractivity contribution in [2.24, 2.45) is 7.05 Å². The summed E-state index contributed by atoms with van der Waals surface area (Å²) in [5, 5.41) is 0. The number of rotatable bonds is 1. The maximum absolute atomic E-state index is 7.78. The Morgan fingerprint density at radius 3 is 2.50 bits per heavy atom.